The van der Waals surface area contributed by atoms with Crippen molar-refractivity contribution in [2.75, 3.05) is 6.54 Å². The molecule has 21 heavy (non-hydrogen) atoms. The van der Waals surface area contributed by atoms with Gasteiger partial charge in [0.15, 0.2) is 0 Å². The van der Waals surface area contributed by atoms with E-state index in [1.807, 2.05) is 12.3 Å². The van der Waals surface area contributed by atoms with Crippen molar-refractivity contribution in [3.8, 4) is 0 Å². The van der Waals surface area contributed by atoms with Gasteiger partial charge in [0.05, 0.1) is 16.0 Å². The first-order valence-electron chi connectivity index (χ1n) is 7.17. The number of hydrogen-bond acceptors (Lipinski definition) is 3. The van der Waals surface area contributed by atoms with Crippen LogP contribution in [0.3, 0.4) is 0 Å². The Hall–Kier alpha value is -0.870. The van der Waals surface area contributed by atoms with Crippen LogP contribution in [0, 0.1) is 6.92 Å². The van der Waals surface area contributed by atoms with Gasteiger partial charge in [-0.25, -0.2) is 0 Å². The minimum Gasteiger partial charge on any atom is -0.387 e. The summed E-state index contributed by atoms with van der Waals surface area (Å²) < 4.78 is 0. The van der Waals surface area contributed by atoms with Gasteiger partial charge in [0.2, 0.25) is 0 Å². The van der Waals surface area contributed by atoms with Gasteiger partial charge in [-0.15, -0.1) is 11.3 Å². The third-order valence-corrected chi connectivity index (χ3v) is 5.64. The van der Waals surface area contributed by atoms with Gasteiger partial charge < -0.3 is 10.8 Å². The molecule has 2 rings (SSSR count). The SMILES string of the molecule is Cc1csc(C(O)C(CN)c2ccc(C(C)C)cc2)c1Cl. The minimum atomic E-state index is -0.661. The van der Waals surface area contributed by atoms with Gasteiger partial charge in [-0.3, -0.25) is 0 Å². The quantitative estimate of drug-likeness (QED) is 0.844. The van der Waals surface area contributed by atoms with E-state index in [9.17, 15) is 5.11 Å². The molecule has 0 amide bonds. The summed E-state index contributed by atoms with van der Waals surface area (Å²) in [5, 5.41) is 13.3. The van der Waals surface area contributed by atoms with Crippen molar-refractivity contribution in [2.24, 2.45) is 5.73 Å². The predicted octanol–water partition coefficient (Wildman–Crippen LogP) is 4.61. The molecule has 1 aromatic carbocycles. The first-order valence-corrected chi connectivity index (χ1v) is 8.43. The van der Waals surface area contributed by atoms with Crippen molar-refractivity contribution in [1.82, 2.24) is 0 Å². The van der Waals surface area contributed by atoms with Gasteiger partial charge in [-0.1, -0.05) is 49.7 Å². The second kappa shape index (κ2) is 6.93. The van der Waals surface area contributed by atoms with Gasteiger partial charge in [-0.2, -0.15) is 0 Å². The van der Waals surface area contributed by atoms with Gasteiger partial charge in [0.1, 0.15) is 0 Å². The maximum absolute atomic E-state index is 10.7. The first kappa shape index (κ1) is 16.5. The van der Waals surface area contributed by atoms with Gasteiger partial charge in [0, 0.05) is 12.5 Å². The number of halogens is 1. The summed E-state index contributed by atoms with van der Waals surface area (Å²) >= 11 is 7.76. The summed E-state index contributed by atoms with van der Waals surface area (Å²) in [4.78, 5) is 0.803. The van der Waals surface area contributed by atoms with E-state index in [-0.39, 0.29) is 5.92 Å². The van der Waals surface area contributed by atoms with Crippen LogP contribution in [0.15, 0.2) is 29.6 Å². The Labute approximate surface area is 135 Å². The van der Waals surface area contributed by atoms with Crippen molar-refractivity contribution < 1.29 is 5.11 Å². The molecule has 4 heteroatoms. The molecular formula is C17H22ClNOS. The first-order chi connectivity index (χ1) is 9.95. The molecule has 2 nitrogen and oxygen atoms in total. The zero-order valence-corrected chi connectivity index (χ0v) is 14.2. The second-order valence-corrected chi connectivity index (χ2v) is 6.99. The lowest BCUT2D eigenvalue weighted by atomic mass is 9.90. The van der Waals surface area contributed by atoms with E-state index in [1.165, 1.54) is 16.9 Å². The molecule has 0 aliphatic rings. The molecule has 0 saturated carbocycles. The van der Waals surface area contributed by atoms with Crippen LogP contribution in [0.2, 0.25) is 5.02 Å². The number of hydrogen-bond donors (Lipinski definition) is 2. The molecule has 3 N–H and O–H groups in total. The van der Waals surface area contributed by atoms with Crippen molar-refractivity contribution in [3.05, 3.63) is 56.2 Å². The fourth-order valence-electron chi connectivity index (χ4n) is 2.41. The zero-order chi connectivity index (χ0) is 15.6. The Bertz CT molecular complexity index is 591. The van der Waals surface area contributed by atoms with E-state index in [1.54, 1.807) is 0 Å². The predicted molar refractivity (Wildman–Crippen MR) is 91.4 cm³/mol. The largest absolute Gasteiger partial charge is 0.387 e. The van der Waals surface area contributed by atoms with Crippen LogP contribution in [0.25, 0.3) is 0 Å². The molecule has 1 aromatic heterocycles. The lowest BCUT2D eigenvalue weighted by Gasteiger charge is -2.22. The lowest BCUT2D eigenvalue weighted by Crippen LogP contribution is -2.19. The molecule has 0 bridgehead atoms. The Kier molecular flexibility index (Phi) is 5.44. The van der Waals surface area contributed by atoms with E-state index >= 15 is 0 Å². The Morgan fingerprint density at radius 3 is 2.19 bits per heavy atom. The zero-order valence-electron chi connectivity index (χ0n) is 12.6. The number of rotatable bonds is 5. The summed E-state index contributed by atoms with van der Waals surface area (Å²) in [6, 6.07) is 8.34. The van der Waals surface area contributed by atoms with E-state index in [2.05, 4.69) is 38.1 Å². The minimum absolute atomic E-state index is 0.137. The summed E-state index contributed by atoms with van der Waals surface area (Å²) in [6.45, 7) is 6.66. The molecule has 0 spiro atoms. The van der Waals surface area contributed by atoms with Crippen LogP contribution in [0.5, 0.6) is 0 Å². The highest BCUT2D eigenvalue weighted by molar-refractivity contribution is 7.10. The van der Waals surface area contributed by atoms with Gasteiger partial charge in [-0.05, 0) is 34.9 Å². The van der Waals surface area contributed by atoms with E-state index in [0.717, 1.165) is 16.0 Å². The molecule has 1 heterocycles. The van der Waals surface area contributed by atoms with E-state index in [0.29, 0.717) is 17.5 Å². The van der Waals surface area contributed by atoms with E-state index < -0.39 is 6.10 Å². The molecule has 2 atom stereocenters. The smallest absolute Gasteiger partial charge is 0.0977 e. The third kappa shape index (κ3) is 3.49. The standard InChI is InChI=1S/C17H22ClNOS/c1-10(2)12-4-6-13(7-5-12)14(8-19)16(20)17-15(18)11(3)9-21-17/h4-7,9-10,14,16,20H,8,19H2,1-3H3. The maximum atomic E-state index is 10.7. The topological polar surface area (TPSA) is 46.2 Å². The van der Waals surface area contributed by atoms with Crippen LogP contribution in [-0.4, -0.2) is 11.7 Å². The molecule has 0 saturated heterocycles. The maximum Gasteiger partial charge on any atom is 0.0977 e. The molecule has 2 aromatic rings. The Morgan fingerprint density at radius 2 is 1.76 bits per heavy atom. The van der Waals surface area contributed by atoms with Crippen LogP contribution in [0.1, 0.15) is 53.4 Å². The van der Waals surface area contributed by atoms with Gasteiger partial charge >= 0.3 is 0 Å². The van der Waals surface area contributed by atoms with Crippen molar-refractivity contribution in [3.63, 3.8) is 0 Å². The molecule has 2 unspecified atom stereocenters. The van der Waals surface area contributed by atoms with E-state index in [4.69, 9.17) is 17.3 Å². The highest BCUT2D eigenvalue weighted by atomic mass is 35.5. The highest BCUT2D eigenvalue weighted by Gasteiger charge is 2.25. The summed E-state index contributed by atoms with van der Waals surface area (Å²) in [5.74, 6) is 0.358. The fraction of sp³-hybridized carbons (Fsp3) is 0.412. The summed E-state index contributed by atoms with van der Waals surface area (Å²) in [6.07, 6.45) is -0.661. The summed E-state index contributed by atoms with van der Waals surface area (Å²) in [5.41, 5.74) is 9.24. The number of aryl methyl sites for hydroxylation is 1. The van der Waals surface area contributed by atoms with Crippen molar-refractivity contribution in [1.29, 1.82) is 0 Å². The van der Waals surface area contributed by atoms with Crippen LogP contribution < -0.4 is 5.73 Å². The normalized spacial score (nSPS) is 14.4. The molecule has 0 radical (unpaired) electrons. The van der Waals surface area contributed by atoms with Crippen LogP contribution in [-0.2, 0) is 0 Å². The molecule has 114 valence electrons. The lowest BCUT2D eigenvalue weighted by molar-refractivity contribution is 0.151. The van der Waals surface area contributed by atoms with Crippen molar-refractivity contribution in [2.45, 2.75) is 38.7 Å². The second-order valence-electron chi connectivity index (χ2n) is 5.71. The fourth-order valence-corrected chi connectivity index (χ4v) is 3.76. The Morgan fingerprint density at radius 1 is 1.19 bits per heavy atom. The number of thiophene rings is 1. The number of benzene rings is 1. The van der Waals surface area contributed by atoms with Crippen LogP contribution in [0.4, 0.5) is 0 Å². The Balaban J connectivity index is 2.28. The highest BCUT2D eigenvalue weighted by Crippen LogP contribution is 2.39. The molecular weight excluding hydrogens is 302 g/mol. The molecule has 0 aliphatic heterocycles. The summed E-state index contributed by atoms with van der Waals surface area (Å²) in [7, 11) is 0. The van der Waals surface area contributed by atoms with Gasteiger partial charge in [0.25, 0.3) is 0 Å². The van der Waals surface area contributed by atoms with Crippen molar-refractivity contribution >= 4 is 22.9 Å². The number of nitrogens with two attached hydrogens (primary N) is 1. The third-order valence-electron chi connectivity index (χ3n) is 3.86. The number of aliphatic hydroxyl groups is 1. The monoisotopic (exact) mass is 323 g/mol. The average molecular weight is 324 g/mol. The molecule has 0 fully saturated rings. The average Bonchev–Trinajstić information content (AvgIpc) is 2.80. The number of aliphatic hydroxyl groups excluding tert-OH is 1. The van der Waals surface area contributed by atoms with Crippen LogP contribution >= 0.6 is 22.9 Å². The molecule has 0 aliphatic carbocycles.